The Morgan fingerprint density at radius 1 is 0.636 bits per heavy atom. The molecule has 3 aromatic rings. The van der Waals surface area contributed by atoms with Gasteiger partial charge in [0.15, 0.2) is 8.07 Å². The van der Waals surface area contributed by atoms with Crippen LogP contribution >= 0.6 is 11.6 Å². The van der Waals surface area contributed by atoms with Gasteiger partial charge in [-0.15, -0.1) is 11.6 Å². The summed E-state index contributed by atoms with van der Waals surface area (Å²) >= 11 is 6.63. The molecule has 0 bridgehead atoms. The van der Waals surface area contributed by atoms with Crippen molar-refractivity contribution < 1.29 is 0 Å². The van der Waals surface area contributed by atoms with E-state index in [4.69, 9.17) is 11.6 Å². The van der Waals surface area contributed by atoms with Gasteiger partial charge in [0.2, 0.25) is 0 Å². The van der Waals surface area contributed by atoms with Crippen LogP contribution in [-0.4, -0.2) is 13.6 Å². The molecule has 0 nitrogen and oxygen atoms in total. The molecule has 0 aromatic heterocycles. The second-order valence-corrected chi connectivity index (χ2v) is 10.2. The first kappa shape index (κ1) is 15.1. The molecule has 0 aliphatic heterocycles. The third kappa shape index (κ3) is 2.62. The van der Waals surface area contributed by atoms with E-state index in [1.54, 1.807) is 0 Å². The van der Waals surface area contributed by atoms with E-state index < -0.39 is 8.07 Å². The van der Waals surface area contributed by atoms with Crippen molar-refractivity contribution in [2.24, 2.45) is 0 Å². The zero-order valence-corrected chi connectivity index (χ0v) is 14.4. The van der Waals surface area contributed by atoms with Crippen LogP contribution < -0.4 is 15.6 Å². The quantitative estimate of drug-likeness (QED) is 0.393. The van der Waals surface area contributed by atoms with Gasteiger partial charge in [-0.3, -0.25) is 0 Å². The van der Waals surface area contributed by atoms with E-state index in [2.05, 4.69) is 91.9 Å². The van der Waals surface area contributed by atoms with E-state index in [-0.39, 0.29) is 0 Å². The maximum Gasteiger partial charge on any atom is 0.162 e. The zero-order chi connectivity index (χ0) is 15.4. The molecule has 3 rings (SSSR count). The maximum atomic E-state index is 6.63. The number of aryl methyl sites for hydroxylation is 1. The van der Waals surface area contributed by atoms with E-state index in [1.165, 1.54) is 21.1 Å². The highest BCUT2D eigenvalue weighted by Crippen LogP contribution is 2.10. The third-order valence-electron chi connectivity index (χ3n) is 4.28. The van der Waals surface area contributed by atoms with E-state index in [9.17, 15) is 0 Å². The van der Waals surface area contributed by atoms with Crippen molar-refractivity contribution in [3.8, 4) is 0 Å². The molecule has 0 amide bonds. The van der Waals surface area contributed by atoms with Crippen molar-refractivity contribution >= 4 is 35.2 Å². The van der Waals surface area contributed by atoms with Gasteiger partial charge in [0.05, 0.1) is 0 Å². The standard InChI is InChI=1S/C20H19ClSi/c1-17-12-14-20(15-13-17)22(16-21,18-8-4-2-5-9-18)19-10-6-3-7-11-19/h2-15H,16H2,1H3. The number of halogens is 1. The predicted octanol–water partition coefficient (Wildman–Crippen LogP) is 3.24. The molecule has 0 heterocycles. The van der Waals surface area contributed by atoms with E-state index >= 15 is 0 Å². The Bertz CT molecular complexity index is 681. The topological polar surface area (TPSA) is 0 Å². The first-order valence-corrected chi connectivity index (χ1v) is 10.3. The summed E-state index contributed by atoms with van der Waals surface area (Å²) in [5.41, 5.74) is 1.92. The van der Waals surface area contributed by atoms with Gasteiger partial charge in [-0.1, -0.05) is 90.5 Å². The highest BCUT2D eigenvalue weighted by Gasteiger charge is 2.38. The van der Waals surface area contributed by atoms with Crippen LogP contribution in [0.5, 0.6) is 0 Å². The van der Waals surface area contributed by atoms with Crippen LogP contribution in [0.4, 0.5) is 0 Å². The molecule has 0 radical (unpaired) electrons. The fourth-order valence-corrected chi connectivity index (χ4v) is 8.13. The molecule has 0 aliphatic rings. The molecular weight excluding hydrogens is 304 g/mol. The fraction of sp³-hybridized carbons (Fsp3) is 0.100. The van der Waals surface area contributed by atoms with Crippen LogP contribution in [-0.2, 0) is 0 Å². The average Bonchev–Trinajstić information content (AvgIpc) is 2.59. The maximum absolute atomic E-state index is 6.63. The number of alkyl halides is 1. The molecule has 0 fully saturated rings. The lowest BCUT2D eigenvalue weighted by Crippen LogP contribution is -2.69. The van der Waals surface area contributed by atoms with Crippen LogP contribution in [0.1, 0.15) is 5.56 Å². The van der Waals surface area contributed by atoms with Gasteiger partial charge in [-0.25, -0.2) is 0 Å². The van der Waals surface area contributed by atoms with Crippen molar-refractivity contribution in [1.29, 1.82) is 0 Å². The second kappa shape index (κ2) is 6.51. The molecule has 0 aliphatic carbocycles. The van der Waals surface area contributed by atoms with Crippen LogP contribution in [0.3, 0.4) is 0 Å². The Morgan fingerprint density at radius 3 is 1.45 bits per heavy atom. The Kier molecular flexibility index (Phi) is 4.46. The Balaban J connectivity index is 2.28. The lowest BCUT2D eigenvalue weighted by atomic mass is 10.2. The van der Waals surface area contributed by atoms with Crippen LogP contribution in [0.15, 0.2) is 84.9 Å². The van der Waals surface area contributed by atoms with Crippen molar-refractivity contribution in [2.45, 2.75) is 6.92 Å². The molecule has 0 unspecified atom stereocenters. The Labute approximate surface area is 138 Å². The summed E-state index contributed by atoms with van der Waals surface area (Å²) in [7, 11) is -2.16. The summed E-state index contributed by atoms with van der Waals surface area (Å²) in [6.07, 6.45) is 0. The van der Waals surface area contributed by atoms with Gasteiger partial charge in [-0.2, -0.15) is 0 Å². The van der Waals surface area contributed by atoms with Crippen molar-refractivity contribution in [2.75, 3.05) is 5.50 Å². The normalized spacial score (nSPS) is 11.4. The lowest BCUT2D eigenvalue weighted by molar-refractivity contribution is 1.48. The molecule has 3 aromatic carbocycles. The van der Waals surface area contributed by atoms with Gasteiger partial charge in [-0.05, 0) is 22.5 Å². The van der Waals surface area contributed by atoms with Gasteiger partial charge < -0.3 is 0 Å². The summed E-state index contributed by atoms with van der Waals surface area (Å²) in [4.78, 5) is 0. The fourth-order valence-electron chi connectivity index (χ4n) is 3.01. The van der Waals surface area contributed by atoms with Gasteiger partial charge in [0.1, 0.15) is 0 Å². The Hall–Kier alpha value is -1.83. The third-order valence-corrected chi connectivity index (χ3v) is 9.84. The van der Waals surface area contributed by atoms with E-state index in [0.717, 1.165) is 0 Å². The van der Waals surface area contributed by atoms with Gasteiger partial charge in [0, 0.05) is 5.50 Å². The first-order valence-electron chi connectivity index (χ1n) is 7.51. The summed E-state index contributed by atoms with van der Waals surface area (Å²) in [5.74, 6) is 0. The number of benzene rings is 3. The number of hydrogen-bond donors (Lipinski definition) is 0. The number of rotatable bonds is 4. The minimum atomic E-state index is -2.16. The minimum absolute atomic E-state index is 0.643. The van der Waals surface area contributed by atoms with Crippen molar-refractivity contribution in [1.82, 2.24) is 0 Å². The summed E-state index contributed by atoms with van der Waals surface area (Å²) in [6, 6.07) is 30.4. The lowest BCUT2D eigenvalue weighted by Gasteiger charge is -2.31. The predicted molar refractivity (Wildman–Crippen MR) is 99.4 cm³/mol. The molecule has 0 spiro atoms. The van der Waals surface area contributed by atoms with E-state index in [1.807, 2.05) is 0 Å². The minimum Gasteiger partial charge on any atom is -0.129 e. The molecule has 0 saturated heterocycles. The molecular formula is C20H19ClSi. The van der Waals surface area contributed by atoms with Crippen molar-refractivity contribution in [3.63, 3.8) is 0 Å². The molecule has 0 atom stereocenters. The van der Waals surface area contributed by atoms with Crippen LogP contribution in [0.2, 0.25) is 0 Å². The first-order chi connectivity index (χ1) is 10.8. The van der Waals surface area contributed by atoms with Gasteiger partial charge >= 0.3 is 0 Å². The average molecular weight is 323 g/mol. The molecule has 0 saturated carbocycles. The highest BCUT2D eigenvalue weighted by molar-refractivity contribution is 7.14. The summed E-state index contributed by atoms with van der Waals surface area (Å²) in [5, 5.41) is 4.09. The summed E-state index contributed by atoms with van der Waals surface area (Å²) < 4.78 is 0. The number of hydrogen-bond acceptors (Lipinski definition) is 0. The highest BCUT2D eigenvalue weighted by atomic mass is 35.5. The molecule has 22 heavy (non-hydrogen) atoms. The summed E-state index contributed by atoms with van der Waals surface area (Å²) in [6.45, 7) is 2.12. The smallest absolute Gasteiger partial charge is 0.129 e. The largest absolute Gasteiger partial charge is 0.162 e. The molecule has 0 N–H and O–H groups in total. The molecule has 110 valence electrons. The van der Waals surface area contributed by atoms with Crippen LogP contribution in [0, 0.1) is 6.92 Å². The second-order valence-electron chi connectivity index (χ2n) is 5.64. The molecule has 2 heteroatoms. The monoisotopic (exact) mass is 322 g/mol. The van der Waals surface area contributed by atoms with Crippen LogP contribution in [0.25, 0.3) is 0 Å². The Morgan fingerprint density at radius 2 is 1.05 bits per heavy atom. The SMILES string of the molecule is Cc1ccc([Si](CCl)(c2ccccc2)c2ccccc2)cc1. The zero-order valence-electron chi connectivity index (χ0n) is 12.7. The van der Waals surface area contributed by atoms with Gasteiger partial charge in [0.25, 0.3) is 0 Å². The van der Waals surface area contributed by atoms with E-state index in [0.29, 0.717) is 5.50 Å². The van der Waals surface area contributed by atoms with Crippen molar-refractivity contribution in [3.05, 3.63) is 90.5 Å².